The molecule has 0 aliphatic rings. The predicted octanol–water partition coefficient (Wildman–Crippen LogP) is 3.19. The fraction of sp³-hybridized carbons (Fsp3) is 0.133. The van der Waals surface area contributed by atoms with E-state index in [4.69, 9.17) is 0 Å². The van der Waals surface area contributed by atoms with Crippen LogP contribution >= 0.6 is 15.9 Å². The Bertz CT molecular complexity index is 701. The Morgan fingerprint density at radius 2 is 1.90 bits per heavy atom. The molecule has 1 amide bonds. The number of esters is 1. The maximum Gasteiger partial charge on any atom is 0.356 e. The third-order valence-electron chi connectivity index (χ3n) is 2.81. The molecule has 21 heavy (non-hydrogen) atoms. The van der Waals surface area contributed by atoms with Crippen LogP contribution in [-0.4, -0.2) is 24.0 Å². The average molecular weight is 349 g/mol. The van der Waals surface area contributed by atoms with Crippen molar-refractivity contribution in [1.82, 2.24) is 4.98 Å². The Kier molecular flexibility index (Phi) is 4.70. The van der Waals surface area contributed by atoms with Crippen molar-refractivity contribution in [3.63, 3.8) is 0 Å². The average Bonchev–Trinajstić information content (AvgIpc) is 2.49. The molecule has 0 atom stereocenters. The van der Waals surface area contributed by atoms with Gasteiger partial charge in [-0.1, -0.05) is 22.0 Å². The molecule has 0 aliphatic heterocycles. The van der Waals surface area contributed by atoms with Crippen LogP contribution in [0.25, 0.3) is 0 Å². The molecule has 0 bridgehead atoms. The lowest BCUT2D eigenvalue weighted by Gasteiger charge is -2.08. The van der Waals surface area contributed by atoms with Crippen molar-refractivity contribution in [2.45, 2.75) is 6.92 Å². The van der Waals surface area contributed by atoms with Crippen molar-refractivity contribution in [2.75, 3.05) is 12.4 Å². The topological polar surface area (TPSA) is 68.3 Å². The van der Waals surface area contributed by atoms with Crippen LogP contribution in [0.5, 0.6) is 0 Å². The zero-order valence-corrected chi connectivity index (χ0v) is 13.1. The summed E-state index contributed by atoms with van der Waals surface area (Å²) in [7, 11) is 1.27. The molecule has 0 radical (unpaired) electrons. The van der Waals surface area contributed by atoms with Crippen LogP contribution in [0.3, 0.4) is 0 Å². The van der Waals surface area contributed by atoms with Gasteiger partial charge in [-0.25, -0.2) is 9.78 Å². The van der Waals surface area contributed by atoms with Crippen LogP contribution in [0, 0.1) is 6.92 Å². The number of anilines is 1. The Balaban J connectivity index is 2.22. The van der Waals surface area contributed by atoms with E-state index < -0.39 is 5.97 Å². The van der Waals surface area contributed by atoms with Gasteiger partial charge in [0.2, 0.25) is 0 Å². The van der Waals surface area contributed by atoms with Crippen molar-refractivity contribution in [2.24, 2.45) is 0 Å². The number of nitrogens with zero attached hydrogens (tertiary/aromatic N) is 1. The van der Waals surface area contributed by atoms with Gasteiger partial charge in [-0.15, -0.1) is 0 Å². The number of carbonyl (C=O) groups is 2. The van der Waals surface area contributed by atoms with Crippen molar-refractivity contribution in [3.05, 3.63) is 57.8 Å². The minimum Gasteiger partial charge on any atom is -0.464 e. The van der Waals surface area contributed by atoms with Crippen molar-refractivity contribution in [1.29, 1.82) is 0 Å². The Labute approximate surface area is 130 Å². The molecule has 108 valence electrons. The Hall–Kier alpha value is -2.21. The minimum absolute atomic E-state index is 0.0951. The maximum atomic E-state index is 12.2. The number of benzene rings is 1. The smallest absolute Gasteiger partial charge is 0.356 e. The summed E-state index contributed by atoms with van der Waals surface area (Å²) < 4.78 is 5.52. The van der Waals surface area contributed by atoms with Crippen molar-refractivity contribution >= 4 is 33.5 Å². The second kappa shape index (κ2) is 6.49. The number of amides is 1. The number of nitrogens with one attached hydrogen (secondary N) is 1. The molecule has 2 aromatic rings. The first-order chi connectivity index (χ1) is 10.0. The molecule has 1 aromatic carbocycles. The highest BCUT2D eigenvalue weighted by Gasteiger charge is 2.13. The molecule has 1 N–H and O–H groups in total. The van der Waals surface area contributed by atoms with Gasteiger partial charge in [0.25, 0.3) is 5.91 Å². The van der Waals surface area contributed by atoms with E-state index in [0.717, 1.165) is 10.0 Å². The summed E-state index contributed by atoms with van der Waals surface area (Å²) in [6, 6.07) is 10.1. The van der Waals surface area contributed by atoms with Gasteiger partial charge >= 0.3 is 5.97 Å². The van der Waals surface area contributed by atoms with Gasteiger partial charge in [0.05, 0.1) is 7.11 Å². The molecule has 0 saturated heterocycles. The zero-order valence-electron chi connectivity index (χ0n) is 11.5. The minimum atomic E-state index is -0.579. The van der Waals surface area contributed by atoms with E-state index in [2.05, 4.69) is 31.0 Å². The first-order valence-corrected chi connectivity index (χ1v) is 6.93. The fourth-order valence-corrected chi connectivity index (χ4v) is 2.21. The first-order valence-electron chi connectivity index (χ1n) is 6.14. The van der Waals surface area contributed by atoms with E-state index in [1.165, 1.54) is 19.2 Å². The standard InChI is InChI=1S/C15H13BrN2O3/c1-9-8-10(16)6-7-11(9)18-14(19)12-4-3-5-13(17-12)15(20)21-2/h3-8H,1-2H3,(H,18,19). The Morgan fingerprint density at radius 1 is 1.19 bits per heavy atom. The second-order valence-corrected chi connectivity index (χ2v) is 5.23. The number of ether oxygens (including phenoxy) is 1. The first kappa shape index (κ1) is 15.2. The lowest BCUT2D eigenvalue weighted by atomic mass is 10.2. The fourth-order valence-electron chi connectivity index (χ4n) is 1.73. The second-order valence-electron chi connectivity index (χ2n) is 4.31. The number of carbonyl (C=O) groups excluding carboxylic acids is 2. The highest BCUT2D eigenvalue weighted by molar-refractivity contribution is 9.10. The number of pyridine rings is 1. The molecule has 2 rings (SSSR count). The van der Waals surface area contributed by atoms with Crippen LogP contribution in [0.4, 0.5) is 5.69 Å². The monoisotopic (exact) mass is 348 g/mol. The van der Waals surface area contributed by atoms with Crippen molar-refractivity contribution < 1.29 is 14.3 Å². The number of rotatable bonds is 3. The predicted molar refractivity (Wildman–Crippen MR) is 82.4 cm³/mol. The SMILES string of the molecule is COC(=O)c1cccc(C(=O)Nc2ccc(Br)cc2C)n1. The summed E-state index contributed by atoms with van der Waals surface area (Å²) >= 11 is 3.36. The van der Waals surface area contributed by atoms with Crippen LogP contribution in [-0.2, 0) is 4.74 Å². The van der Waals surface area contributed by atoms with Gasteiger partial charge in [-0.2, -0.15) is 0 Å². The molecule has 1 heterocycles. The zero-order chi connectivity index (χ0) is 15.4. The van der Waals surface area contributed by atoms with Crippen LogP contribution in [0.15, 0.2) is 40.9 Å². The van der Waals surface area contributed by atoms with Crippen LogP contribution in [0.1, 0.15) is 26.5 Å². The summed E-state index contributed by atoms with van der Waals surface area (Å²) in [5, 5.41) is 2.76. The normalized spacial score (nSPS) is 10.0. The molecule has 0 saturated carbocycles. The molecule has 0 spiro atoms. The van der Waals surface area contributed by atoms with E-state index in [1.54, 1.807) is 12.1 Å². The number of methoxy groups -OCH3 is 1. The van der Waals surface area contributed by atoms with Gasteiger partial charge in [0, 0.05) is 10.2 Å². The lowest BCUT2D eigenvalue weighted by molar-refractivity contribution is 0.0594. The number of aromatic nitrogens is 1. The summed E-state index contributed by atoms with van der Waals surface area (Å²) in [6.07, 6.45) is 0. The molecular weight excluding hydrogens is 336 g/mol. The van der Waals surface area contributed by atoms with Gasteiger partial charge in [0.1, 0.15) is 11.4 Å². The molecular formula is C15H13BrN2O3. The number of aryl methyl sites for hydroxylation is 1. The van der Waals surface area contributed by atoms with E-state index in [0.29, 0.717) is 5.69 Å². The highest BCUT2D eigenvalue weighted by atomic mass is 79.9. The molecule has 0 unspecified atom stereocenters. The summed E-state index contributed by atoms with van der Waals surface area (Å²) in [6.45, 7) is 1.89. The third kappa shape index (κ3) is 3.66. The number of hydrogen-bond acceptors (Lipinski definition) is 4. The third-order valence-corrected chi connectivity index (χ3v) is 3.31. The van der Waals surface area contributed by atoms with Gasteiger partial charge in [-0.3, -0.25) is 4.79 Å². The molecule has 1 aromatic heterocycles. The molecule has 0 fully saturated rings. The van der Waals surface area contributed by atoms with Gasteiger partial charge in [-0.05, 0) is 42.8 Å². The van der Waals surface area contributed by atoms with Gasteiger partial charge in [0.15, 0.2) is 0 Å². The molecule has 6 heteroatoms. The van der Waals surface area contributed by atoms with Gasteiger partial charge < -0.3 is 10.1 Å². The van der Waals surface area contributed by atoms with Crippen LogP contribution < -0.4 is 5.32 Å². The summed E-state index contributed by atoms with van der Waals surface area (Å²) in [5.41, 5.74) is 1.85. The number of halogens is 1. The summed E-state index contributed by atoms with van der Waals surface area (Å²) in [4.78, 5) is 27.6. The van der Waals surface area contributed by atoms with E-state index in [-0.39, 0.29) is 17.3 Å². The van der Waals surface area contributed by atoms with Crippen molar-refractivity contribution in [3.8, 4) is 0 Å². The van der Waals surface area contributed by atoms with E-state index in [9.17, 15) is 9.59 Å². The quantitative estimate of drug-likeness (QED) is 0.865. The summed E-state index contributed by atoms with van der Waals surface area (Å²) in [5.74, 6) is -0.962. The van der Waals surface area contributed by atoms with E-state index in [1.807, 2.05) is 19.1 Å². The largest absolute Gasteiger partial charge is 0.464 e. The molecule has 0 aliphatic carbocycles. The maximum absolute atomic E-state index is 12.2. The number of hydrogen-bond donors (Lipinski definition) is 1. The Morgan fingerprint density at radius 3 is 2.57 bits per heavy atom. The highest BCUT2D eigenvalue weighted by Crippen LogP contribution is 2.20. The lowest BCUT2D eigenvalue weighted by Crippen LogP contribution is -2.16. The molecule has 5 nitrogen and oxygen atoms in total. The van der Waals surface area contributed by atoms with Crippen LogP contribution in [0.2, 0.25) is 0 Å². The van der Waals surface area contributed by atoms with E-state index >= 15 is 0 Å².